The van der Waals surface area contributed by atoms with Crippen LogP contribution in [0.5, 0.6) is 11.6 Å². The number of hydrogen-bond donors (Lipinski definition) is 0. The number of nitrogens with zero attached hydrogens (tertiary/aromatic N) is 3. The molecule has 0 radical (unpaired) electrons. The maximum Gasteiger partial charge on any atom is 0.433 e. The zero-order valence-corrected chi connectivity index (χ0v) is 16.6. The van der Waals surface area contributed by atoms with Crippen LogP contribution in [0, 0.1) is 5.92 Å². The van der Waals surface area contributed by atoms with E-state index in [1.807, 2.05) is 0 Å². The lowest BCUT2D eigenvalue weighted by Gasteiger charge is -2.39. The zero-order valence-electron chi connectivity index (χ0n) is 16.6. The van der Waals surface area contributed by atoms with E-state index in [4.69, 9.17) is 9.47 Å². The molecule has 1 aromatic carbocycles. The van der Waals surface area contributed by atoms with Crippen LogP contribution in [0.2, 0.25) is 0 Å². The fourth-order valence-corrected chi connectivity index (χ4v) is 3.66. The summed E-state index contributed by atoms with van der Waals surface area (Å²) in [5.41, 5.74) is -0.362. The highest BCUT2D eigenvalue weighted by Crippen LogP contribution is 2.31. The maximum absolute atomic E-state index is 12.8. The summed E-state index contributed by atoms with van der Waals surface area (Å²) in [5, 5.41) is 0. The number of methoxy groups -OCH3 is 1. The van der Waals surface area contributed by atoms with Crippen LogP contribution >= 0.6 is 0 Å². The number of aromatic nitrogens is 1. The van der Waals surface area contributed by atoms with Crippen molar-refractivity contribution in [2.75, 3.05) is 31.6 Å². The molecular formula is C21H20F3N3O4. The number of carbonyl (C=O) groups is 2. The third-order valence-corrected chi connectivity index (χ3v) is 5.30. The molecule has 0 N–H and O–H groups in total. The number of halogens is 3. The Hall–Kier alpha value is -3.30. The molecule has 31 heavy (non-hydrogen) atoms. The predicted octanol–water partition coefficient (Wildman–Crippen LogP) is 2.75. The van der Waals surface area contributed by atoms with Crippen LogP contribution in [0.1, 0.15) is 12.1 Å². The van der Waals surface area contributed by atoms with Crippen LogP contribution in [0.4, 0.5) is 18.9 Å². The van der Waals surface area contributed by atoms with Gasteiger partial charge in [0.05, 0.1) is 26.1 Å². The van der Waals surface area contributed by atoms with Crippen molar-refractivity contribution in [3.63, 3.8) is 0 Å². The summed E-state index contributed by atoms with van der Waals surface area (Å²) in [6, 6.07) is 10.5. The molecule has 7 nitrogen and oxygen atoms in total. The van der Waals surface area contributed by atoms with Crippen LogP contribution in [0.3, 0.4) is 0 Å². The summed E-state index contributed by atoms with van der Waals surface area (Å²) >= 11 is 0. The van der Waals surface area contributed by atoms with Crippen LogP contribution in [0.25, 0.3) is 0 Å². The third-order valence-electron chi connectivity index (χ3n) is 5.30. The van der Waals surface area contributed by atoms with Gasteiger partial charge in [-0.25, -0.2) is 4.98 Å². The van der Waals surface area contributed by atoms with Crippen LogP contribution in [0.15, 0.2) is 42.5 Å². The maximum atomic E-state index is 12.8. The smallest absolute Gasteiger partial charge is 0.433 e. The van der Waals surface area contributed by atoms with Gasteiger partial charge in [0.2, 0.25) is 17.7 Å². The normalized spacial score (nSPS) is 19.4. The highest BCUT2D eigenvalue weighted by Gasteiger charge is 2.42. The average Bonchev–Trinajstić information content (AvgIpc) is 3.11. The van der Waals surface area contributed by atoms with E-state index in [-0.39, 0.29) is 43.7 Å². The molecule has 1 aromatic heterocycles. The second kappa shape index (κ2) is 8.09. The summed E-state index contributed by atoms with van der Waals surface area (Å²) < 4.78 is 48.9. The van der Waals surface area contributed by atoms with E-state index >= 15 is 0 Å². The number of anilines is 1. The fourth-order valence-electron chi connectivity index (χ4n) is 3.66. The minimum atomic E-state index is -4.55. The Bertz CT molecular complexity index is 992. The molecule has 10 heteroatoms. The number of rotatable bonds is 5. The molecule has 2 saturated heterocycles. The average molecular weight is 435 g/mol. The van der Waals surface area contributed by atoms with E-state index in [9.17, 15) is 22.8 Å². The number of pyridine rings is 1. The van der Waals surface area contributed by atoms with Crippen molar-refractivity contribution in [1.29, 1.82) is 0 Å². The van der Waals surface area contributed by atoms with E-state index < -0.39 is 23.9 Å². The molecule has 2 aliphatic rings. The molecule has 0 saturated carbocycles. The van der Waals surface area contributed by atoms with Crippen molar-refractivity contribution in [3.8, 4) is 11.6 Å². The monoisotopic (exact) mass is 435 g/mol. The van der Waals surface area contributed by atoms with Gasteiger partial charge in [0.1, 0.15) is 17.5 Å². The Balaban J connectivity index is 1.32. The summed E-state index contributed by atoms with van der Waals surface area (Å²) in [4.78, 5) is 31.8. The minimum absolute atomic E-state index is 0.104. The lowest BCUT2D eigenvalue weighted by Crippen LogP contribution is -2.57. The quantitative estimate of drug-likeness (QED) is 0.722. The second-order valence-electron chi connectivity index (χ2n) is 7.45. The van der Waals surface area contributed by atoms with E-state index in [0.717, 1.165) is 6.07 Å². The van der Waals surface area contributed by atoms with E-state index in [1.54, 1.807) is 34.1 Å². The van der Waals surface area contributed by atoms with Gasteiger partial charge in [-0.2, -0.15) is 13.2 Å². The minimum Gasteiger partial charge on any atom is -0.497 e. The van der Waals surface area contributed by atoms with Crippen molar-refractivity contribution in [2.45, 2.75) is 18.7 Å². The standard InChI is InChI=1S/C21H20F3N3O4/c1-30-15-5-2-4-14(9-15)27-10-13(8-19(27)28)20(29)26-11-16(12-26)31-18-7-3-6-17(25-18)21(22,23)24/h2-7,9,13,16H,8,10-12H2,1H3. The molecular weight excluding hydrogens is 415 g/mol. The SMILES string of the molecule is COc1cccc(N2CC(C(=O)N3CC(Oc4cccc(C(F)(F)F)n4)C3)CC2=O)c1. The number of alkyl halides is 3. The molecule has 1 atom stereocenters. The van der Waals surface area contributed by atoms with Gasteiger partial charge < -0.3 is 19.3 Å². The van der Waals surface area contributed by atoms with Gasteiger partial charge in [-0.3, -0.25) is 9.59 Å². The zero-order chi connectivity index (χ0) is 22.2. The number of benzene rings is 1. The first kappa shape index (κ1) is 21.0. The molecule has 164 valence electrons. The van der Waals surface area contributed by atoms with Crippen LogP contribution in [-0.2, 0) is 15.8 Å². The molecule has 0 spiro atoms. The predicted molar refractivity (Wildman–Crippen MR) is 104 cm³/mol. The first-order valence-electron chi connectivity index (χ1n) is 9.68. The molecule has 1 unspecified atom stereocenters. The van der Waals surface area contributed by atoms with Gasteiger partial charge in [0, 0.05) is 30.8 Å². The number of hydrogen-bond acceptors (Lipinski definition) is 5. The molecule has 0 aliphatic carbocycles. The number of amides is 2. The molecule has 4 rings (SSSR count). The summed E-state index contributed by atoms with van der Waals surface area (Å²) in [7, 11) is 1.54. The van der Waals surface area contributed by atoms with Crippen molar-refractivity contribution in [1.82, 2.24) is 9.88 Å². The lowest BCUT2D eigenvalue weighted by molar-refractivity contribution is -0.144. The van der Waals surface area contributed by atoms with Crippen LogP contribution in [-0.4, -0.2) is 54.5 Å². The lowest BCUT2D eigenvalue weighted by atomic mass is 10.0. The van der Waals surface area contributed by atoms with Gasteiger partial charge in [0.25, 0.3) is 0 Å². The summed E-state index contributed by atoms with van der Waals surface area (Å²) in [6.07, 6.45) is -4.88. The summed E-state index contributed by atoms with van der Waals surface area (Å²) in [5.74, 6) is -0.312. The Morgan fingerprint density at radius 2 is 1.87 bits per heavy atom. The summed E-state index contributed by atoms with van der Waals surface area (Å²) in [6.45, 7) is 0.739. The van der Waals surface area contributed by atoms with Gasteiger partial charge >= 0.3 is 6.18 Å². The van der Waals surface area contributed by atoms with E-state index in [0.29, 0.717) is 11.4 Å². The largest absolute Gasteiger partial charge is 0.497 e. The van der Waals surface area contributed by atoms with E-state index in [1.165, 1.54) is 19.2 Å². The Morgan fingerprint density at radius 3 is 2.58 bits per heavy atom. The van der Waals surface area contributed by atoms with Gasteiger partial charge in [-0.05, 0) is 18.2 Å². The van der Waals surface area contributed by atoms with Crippen molar-refractivity contribution in [2.24, 2.45) is 5.92 Å². The molecule has 0 bridgehead atoms. The molecule has 2 aliphatic heterocycles. The van der Waals surface area contributed by atoms with Crippen molar-refractivity contribution >= 4 is 17.5 Å². The van der Waals surface area contributed by atoms with Gasteiger partial charge in [-0.1, -0.05) is 12.1 Å². The van der Waals surface area contributed by atoms with E-state index in [2.05, 4.69) is 4.98 Å². The molecule has 2 aromatic rings. The van der Waals surface area contributed by atoms with Crippen molar-refractivity contribution < 1.29 is 32.2 Å². The fraction of sp³-hybridized carbons (Fsp3) is 0.381. The Kier molecular flexibility index (Phi) is 5.47. The first-order valence-corrected chi connectivity index (χ1v) is 9.68. The van der Waals surface area contributed by atoms with Crippen molar-refractivity contribution in [3.05, 3.63) is 48.2 Å². The highest BCUT2D eigenvalue weighted by atomic mass is 19.4. The number of carbonyl (C=O) groups excluding carboxylic acids is 2. The second-order valence-corrected chi connectivity index (χ2v) is 7.45. The topological polar surface area (TPSA) is 72.0 Å². The first-order chi connectivity index (χ1) is 14.7. The number of likely N-dealkylation sites (tertiary alicyclic amines) is 1. The van der Waals surface area contributed by atoms with Gasteiger partial charge in [-0.15, -0.1) is 0 Å². The van der Waals surface area contributed by atoms with Crippen LogP contribution < -0.4 is 14.4 Å². The molecule has 3 heterocycles. The Morgan fingerprint density at radius 1 is 1.13 bits per heavy atom. The number of ether oxygens (including phenoxy) is 2. The molecule has 2 fully saturated rings. The molecule has 2 amide bonds. The Labute approximate surface area is 176 Å². The third kappa shape index (κ3) is 4.42. The van der Waals surface area contributed by atoms with Gasteiger partial charge in [0.15, 0.2) is 0 Å². The highest BCUT2D eigenvalue weighted by molar-refractivity contribution is 6.00.